The standard InChI is InChI=1S/C48H52N4O12S2/c1-8-13-41(63-38-23-16-29(47(4,5)9-2)26-37(38)48(6,7)10-3)50-45(55)36-27-39(34-14-11-12-15-35(34)43(36)53)64-46(56)49-30-17-19-31(20-18-30)51-52-42-33-22-21-32(65(57,58)59)24-28(33)25-40(44(42)54)66(60,61)62/h11-12,14-27,41,53-54H,8-10,13H2,1-7H3,(H,49,56)(H,50,55)(H,57,58,59)(H,60,61,62). The fourth-order valence-electron chi connectivity index (χ4n) is 7.11. The normalized spacial score (nSPS) is 12.9. The third-order valence-corrected chi connectivity index (χ3v) is 13.5. The van der Waals surface area contributed by atoms with Crippen LogP contribution in [-0.2, 0) is 31.1 Å². The largest absolute Gasteiger partial charge is 0.506 e. The fraction of sp³-hybridized carbons (Fsp3) is 0.292. The van der Waals surface area contributed by atoms with Gasteiger partial charge in [0, 0.05) is 33.8 Å². The van der Waals surface area contributed by atoms with Gasteiger partial charge in [-0.15, -0.1) is 5.11 Å². The number of nitrogens with one attached hydrogen (secondary N) is 2. The number of amides is 2. The van der Waals surface area contributed by atoms with Crippen LogP contribution in [0.1, 0.15) is 95.6 Å². The average Bonchev–Trinajstić information content (AvgIpc) is 3.26. The summed E-state index contributed by atoms with van der Waals surface area (Å²) < 4.78 is 79.0. The lowest BCUT2D eigenvalue weighted by molar-refractivity contribution is 0.0807. The minimum absolute atomic E-state index is 0.0200. The van der Waals surface area contributed by atoms with Crippen LogP contribution in [0.5, 0.6) is 23.0 Å². The van der Waals surface area contributed by atoms with Crippen molar-refractivity contribution in [3.05, 3.63) is 114 Å². The molecule has 0 spiro atoms. The van der Waals surface area contributed by atoms with E-state index in [9.17, 15) is 45.7 Å². The summed E-state index contributed by atoms with van der Waals surface area (Å²) in [4.78, 5) is 25.8. The second kappa shape index (κ2) is 19.1. The van der Waals surface area contributed by atoms with Gasteiger partial charge in [-0.25, -0.2) is 4.79 Å². The molecule has 0 aliphatic carbocycles. The minimum Gasteiger partial charge on any atom is -0.506 e. The van der Waals surface area contributed by atoms with E-state index in [2.05, 4.69) is 74.5 Å². The Morgan fingerprint density at radius 3 is 2.00 bits per heavy atom. The highest BCUT2D eigenvalue weighted by Gasteiger charge is 2.29. The van der Waals surface area contributed by atoms with Gasteiger partial charge >= 0.3 is 6.09 Å². The first kappa shape index (κ1) is 48.8. The van der Waals surface area contributed by atoms with E-state index < -0.39 is 59.7 Å². The Morgan fingerprint density at radius 1 is 0.712 bits per heavy atom. The number of carbonyl (C=O) groups is 2. The SMILES string of the molecule is CCCC(NC(=O)c1cc(OC(=O)Nc2ccc(N=Nc3c(O)c(S(=O)(=O)O)cc4cc(S(=O)(=O)O)ccc34)cc2)c2ccccc2c1O)Oc1ccc(C(C)(C)CC)cc1C(C)(C)CC. The minimum atomic E-state index is -5.02. The number of benzene rings is 6. The molecule has 2 amide bonds. The van der Waals surface area contributed by atoms with Crippen LogP contribution >= 0.6 is 0 Å². The molecule has 6 aromatic carbocycles. The zero-order valence-corrected chi connectivity index (χ0v) is 39.0. The van der Waals surface area contributed by atoms with Gasteiger partial charge in [0.25, 0.3) is 26.1 Å². The highest BCUT2D eigenvalue weighted by Crippen LogP contribution is 2.43. The fourth-order valence-corrected chi connectivity index (χ4v) is 8.24. The topological polar surface area (TPSA) is 251 Å². The molecule has 0 bridgehead atoms. The molecule has 6 N–H and O–H groups in total. The van der Waals surface area contributed by atoms with Crippen LogP contribution in [0.3, 0.4) is 0 Å². The molecule has 1 unspecified atom stereocenters. The van der Waals surface area contributed by atoms with E-state index in [1.165, 1.54) is 42.0 Å². The predicted molar refractivity (Wildman–Crippen MR) is 251 cm³/mol. The molecule has 6 rings (SSSR count). The van der Waals surface area contributed by atoms with E-state index >= 15 is 0 Å². The first-order chi connectivity index (χ1) is 31.0. The lowest BCUT2D eigenvalue weighted by Gasteiger charge is -2.32. The van der Waals surface area contributed by atoms with Gasteiger partial charge in [0.05, 0.1) is 16.1 Å². The van der Waals surface area contributed by atoms with Gasteiger partial charge in [-0.1, -0.05) is 97.4 Å². The van der Waals surface area contributed by atoms with Gasteiger partial charge in [0.2, 0.25) is 0 Å². The molecule has 0 heterocycles. The van der Waals surface area contributed by atoms with E-state index in [1.54, 1.807) is 24.3 Å². The van der Waals surface area contributed by atoms with E-state index in [4.69, 9.17) is 9.47 Å². The Morgan fingerprint density at radius 2 is 1.38 bits per heavy atom. The Hall–Kier alpha value is -6.60. The maximum absolute atomic E-state index is 14.0. The Bertz CT molecular complexity index is 3100. The number of aromatic hydroxyl groups is 2. The molecular formula is C48H52N4O12S2. The van der Waals surface area contributed by atoms with Crippen LogP contribution in [-0.4, -0.2) is 54.4 Å². The monoisotopic (exact) mass is 940 g/mol. The highest BCUT2D eigenvalue weighted by molar-refractivity contribution is 7.86. The van der Waals surface area contributed by atoms with Crippen molar-refractivity contribution in [2.75, 3.05) is 5.32 Å². The molecule has 0 saturated carbocycles. The van der Waals surface area contributed by atoms with Crippen LogP contribution < -0.4 is 20.1 Å². The number of rotatable bonds is 16. The summed E-state index contributed by atoms with van der Waals surface area (Å²) >= 11 is 0. The molecule has 0 aromatic heterocycles. The molecule has 66 heavy (non-hydrogen) atoms. The number of carbonyl (C=O) groups excluding carboxylic acids is 2. The van der Waals surface area contributed by atoms with Crippen molar-refractivity contribution in [1.29, 1.82) is 0 Å². The summed E-state index contributed by atoms with van der Waals surface area (Å²) in [6, 6.07) is 23.7. The Labute approximate surface area is 383 Å². The molecule has 0 aliphatic rings. The third-order valence-electron chi connectivity index (χ3n) is 11.8. The molecule has 0 fully saturated rings. The molecule has 0 radical (unpaired) electrons. The summed E-state index contributed by atoms with van der Waals surface area (Å²) in [6.07, 6.45) is 1.22. The Kier molecular flexibility index (Phi) is 14.1. The molecule has 0 aliphatic heterocycles. The third kappa shape index (κ3) is 10.7. The van der Waals surface area contributed by atoms with E-state index in [0.717, 1.165) is 36.6 Å². The first-order valence-corrected chi connectivity index (χ1v) is 24.0. The smallest absolute Gasteiger partial charge is 0.417 e. The number of anilines is 1. The quantitative estimate of drug-likeness (QED) is 0.0301. The number of hydrogen-bond acceptors (Lipinski definition) is 12. The van der Waals surface area contributed by atoms with Crippen LogP contribution in [0.25, 0.3) is 21.5 Å². The van der Waals surface area contributed by atoms with Crippen molar-refractivity contribution in [1.82, 2.24) is 5.32 Å². The van der Waals surface area contributed by atoms with Crippen molar-refractivity contribution in [3.8, 4) is 23.0 Å². The molecule has 16 nitrogen and oxygen atoms in total. The molecule has 0 saturated heterocycles. The van der Waals surface area contributed by atoms with Crippen LogP contribution in [0.4, 0.5) is 21.9 Å². The van der Waals surface area contributed by atoms with Crippen LogP contribution in [0.15, 0.2) is 117 Å². The predicted octanol–water partition coefficient (Wildman–Crippen LogP) is 11.2. The zero-order chi connectivity index (χ0) is 48.4. The van der Waals surface area contributed by atoms with Gasteiger partial charge < -0.3 is 25.0 Å². The lowest BCUT2D eigenvalue weighted by Crippen LogP contribution is -2.39. The molecule has 18 heteroatoms. The summed E-state index contributed by atoms with van der Waals surface area (Å²) in [5.74, 6) is -1.31. The summed E-state index contributed by atoms with van der Waals surface area (Å²) in [7, 11) is -9.71. The number of ether oxygens (including phenoxy) is 2. The molecular weight excluding hydrogens is 889 g/mol. The first-order valence-electron chi connectivity index (χ1n) is 21.1. The van der Waals surface area contributed by atoms with Gasteiger partial charge in [-0.3, -0.25) is 19.2 Å². The number of fused-ring (bicyclic) bond motifs is 2. The lowest BCUT2D eigenvalue weighted by atomic mass is 9.76. The second-order valence-corrected chi connectivity index (χ2v) is 19.8. The highest BCUT2D eigenvalue weighted by atomic mass is 32.2. The van der Waals surface area contributed by atoms with Gasteiger partial charge in [0.15, 0.2) is 12.0 Å². The zero-order valence-electron chi connectivity index (χ0n) is 37.4. The van der Waals surface area contributed by atoms with Crippen LogP contribution in [0.2, 0.25) is 0 Å². The molecule has 348 valence electrons. The maximum Gasteiger partial charge on any atom is 0.417 e. The van der Waals surface area contributed by atoms with Crippen molar-refractivity contribution in [2.24, 2.45) is 10.2 Å². The number of phenols is 2. The van der Waals surface area contributed by atoms with Gasteiger partial charge in [-0.2, -0.15) is 21.9 Å². The van der Waals surface area contributed by atoms with Crippen molar-refractivity contribution in [2.45, 2.75) is 101 Å². The summed E-state index contributed by atoms with van der Waals surface area (Å²) in [5, 5.41) is 36.2. The van der Waals surface area contributed by atoms with E-state index in [-0.39, 0.29) is 55.4 Å². The number of azo groups is 1. The van der Waals surface area contributed by atoms with Gasteiger partial charge in [0.1, 0.15) is 27.8 Å². The number of hydrogen-bond donors (Lipinski definition) is 6. The van der Waals surface area contributed by atoms with E-state index in [0.29, 0.717) is 24.0 Å². The van der Waals surface area contributed by atoms with Crippen molar-refractivity contribution >= 4 is 70.8 Å². The van der Waals surface area contributed by atoms with E-state index in [1.807, 2.05) is 13.0 Å². The summed E-state index contributed by atoms with van der Waals surface area (Å²) in [5.41, 5.74) is 1.73. The number of phenolic OH excluding ortho intramolecular Hbond substituents is 2. The van der Waals surface area contributed by atoms with Crippen molar-refractivity contribution in [3.63, 3.8) is 0 Å². The second-order valence-electron chi connectivity index (χ2n) is 17.0. The van der Waals surface area contributed by atoms with Gasteiger partial charge in [-0.05, 0) is 89.2 Å². The van der Waals surface area contributed by atoms with Crippen molar-refractivity contribution < 1.29 is 55.2 Å². The average molecular weight is 941 g/mol. The molecule has 6 aromatic rings. The van der Waals surface area contributed by atoms with Crippen LogP contribution in [0, 0.1) is 0 Å². The summed E-state index contributed by atoms with van der Waals surface area (Å²) in [6.45, 7) is 15.0. The maximum atomic E-state index is 14.0. The molecule has 1 atom stereocenters. The Balaban J connectivity index is 1.22. The number of nitrogens with zero attached hydrogens (tertiary/aromatic N) is 2.